The summed E-state index contributed by atoms with van der Waals surface area (Å²) in [7, 11) is -3.11. The zero-order valence-corrected chi connectivity index (χ0v) is 12.5. The van der Waals surface area contributed by atoms with Gasteiger partial charge in [-0.1, -0.05) is 0 Å². The van der Waals surface area contributed by atoms with Gasteiger partial charge >= 0.3 is 0 Å². The van der Waals surface area contributed by atoms with Gasteiger partial charge in [0, 0.05) is 26.2 Å². The van der Waals surface area contributed by atoms with E-state index in [1.807, 2.05) is 23.1 Å². The summed E-state index contributed by atoms with van der Waals surface area (Å²) in [6.45, 7) is 2.17. The van der Waals surface area contributed by atoms with Crippen molar-refractivity contribution < 1.29 is 12.8 Å². The van der Waals surface area contributed by atoms with E-state index in [0.29, 0.717) is 37.6 Å². The molecule has 112 valence electrons. The summed E-state index contributed by atoms with van der Waals surface area (Å²) in [5.74, 6) is 1.43. The summed E-state index contributed by atoms with van der Waals surface area (Å²) in [4.78, 5) is 2.03. The standard InChI is InChI=1S/C13H16N4O3S/c1-21(18,19)17-8-6-16(7-9-17)13-5-4-11(14-15-13)12-3-2-10-20-12/h2-5,10H,6-9H2,1H3. The van der Waals surface area contributed by atoms with E-state index in [4.69, 9.17) is 4.42 Å². The monoisotopic (exact) mass is 308 g/mol. The Bertz CT molecular complexity index is 690. The second-order valence-electron chi connectivity index (χ2n) is 4.90. The summed E-state index contributed by atoms with van der Waals surface area (Å²) < 4.78 is 29.7. The Morgan fingerprint density at radius 1 is 1.10 bits per heavy atom. The summed E-state index contributed by atoms with van der Waals surface area (Å²) >= 11 is 0. The van der Waals surface area contributed by atoms with Gasteiger partial charge in [0.25, 0.3) is 0 Å². The number of piperazine rings is 1. The number of furan rings is 1. The highest BCUT2D eigenvalue weighted by Crippen LogP contribution is 2.19. The third kappa shape index (κ3) is 3.06. The Labute approximate surface area is 123 Å². The van der Waals surface area contributed by atoms with Gasteiger partial charge in [-0.15, -0.1) is 10.2 Å². The topological polar surface area (TPSA) is 79.5 Å². The van der Waals surface area contributed by atoms with Gasteiger partial charge in [-0.2, -0.15) is 4.31 Å². The van der Waals surface area contributed by atoms with Crippen LogP contribution in [0.1, 0.15) is 0 Å². The highest BCUT2D eigenvalue weighted by molar-refractivity contribution is 7.88. The third-order valence-corrected chi connectivity index (χ3v) is 4.76. The number of nitrogens with zero attached hydrogens (tertiary/aromatic N) is 4. The maximum Gasteiger partial charge on any atom is 0.211 e. The Morgan fingerprint density at radius 2 is 1.86 bits per heavy atom. The fourth-order valence-electron chi connectivity index (χ4n) is 2.30. The quantitative estimate of drug-likeness (QED) is 0.835. The van der Waals surface area contributed by atoms with Gasteiger partial charge in [0.05, 0.1) is 12.5 Å². The lowest BCUT2D eigenvalue weighted by Crippen LogP contribution is -2.48. The minimum Gasteiger partial charge on any atom is -0.463 e. The third-order valence-electron chi connectivity index (χ3n) is 3.46. The molecule has 8 heteroatoms. The van der Waals surface area contributed by atoms with E-state index < -0.39 is 10.0 Å². The molecule has 3 rings (SSSR count). The number of aromatic nitrogens is 2. The lowest BCUT2D eigenvalue weighted by atomic mass is 10.3. The molecule has 21 heavy (non-hydrogen) atoms. The van der Waals surface area contributed by atoms with E-state index >= 15 is 0 Å². The summed E-state index contributed by atoms with van der Waals surface area (Å²) in [5, 5.41) is 8.34. The smallest absolute Gasteiger partial charge is 0.211 e. The van der Waals surface area contributed by atoms with Crippen molar-refractivity contribution in [3.63, 3.8) is 0 Å². The highest BCUT2D eigenvalue weighted by atomic mass is 32.2. The fourth-order valence-corrected chi connectivity index (χ4v) is 3.13. The average molecular weight is 308 g/mol. The molecule has 0 radical (unpaired) electrons. The van der Waals surface area contributed by atoms with Crippen LogP contribution >= 0.6 is 0 Å². The second kappa shape index (κ2) is 5.45. The minimum atomic E-state index is -3.11. The average Bonchev–Trinajstić information content (AvgIpc) is 3.01. The van der Waals surface area contributed by atoms with Crippen LogP contribution in [0.2, 0.25) is 0 Å². The van der Waals surface area contributed by atoms with Crippen molar-refractivity contribution in [1.82, 2.24) is 14.5 Å². The first-order valence-corrected chi connectivity index (χ1v) is 8.46. The van der Waals surface area contributed by atoms with E-state index in [1.165, 1.54) is 10.6 Å². The van der Waals surface area contributed by atoms with E-state index in [2.05, 4.69) is 10.2 Å². The molecule has 2 aromatic rings. The predicted octanol–water partition coefficient (Wildman–Crippen LogP) is 0.818. The van der Waals surface area contributed by atoms with Gasteiger partial charge in [0.1, 0.15) is 5.69 Å². The van der Waals surface area contributed by atoms with Gasteiger partial charge in [0.15, 0.2) is 11.6 Å². The number of sulfonamides is 1. The maximum absolute atomic E-state index is 11.5. The SMILES string of the molecule is CS(=O)(=O)N1CCN(c2ccc(-c3ccco3)nn2)CC1. The lowest BCUT2D eigenvalue weighted by molar-refractivity contribution is 0.386. The van der Waals surface area contributed by atoms with Gasteiger partial charge < -0.3 is 9.32 Å². The number of rotatable bonds is 3. The van der Waals surface area contributed by atoms with Gasteiger partial charge in [-0.25, -0.2) is 8.42 Å². The molecule has 0 aromatic carbocycles. The first kappa shape index (κ1) is 14.0. The molecule has 3 heterocycles. The zero-order chi connectivity index (χ0) is 14.9. The van der Waals surface area contributed by atoms with Gasteiger partial charge in [-0.3, -0.25) is 0 Å². The molecule has 1 aliphatic rings. The lowest BCUT2D eigenvalue weighted by Gasteiger charge is -2.33. The molecule has 0 unspecified atom stereocenters. The van der Waals surface area contributed by atoms with Gasteiger partial charge in [0.2, 0.25) is 10.0 Å². The van der Waals surface area contributed by atoms with Crippen LogP contribution in [0.15, 0.2) is 34.9 Å². The molecule has 0 aliphatic carbocycles. The van der Waals surface area contributed by atoms with Crippen molar-refractivity contribution >= 4 is 15.8 Å². The molecule has 1 aliphatic heterocycles. The van der Waals surface area contributed by atoms with Crippen molar-refractivity contribution in [1.29, 1.82) is 0 Å². The van der Waals surface area contributed by atoms with Crippen molar-refractivity contribution in [2.24, 2.45) is 0 Å². The van der Waals surface area contributed by atoms with E-state index in [0.717, 1.165) is 5.82 Å². The molecule has 0 amide bonds. The molecule has 1 saturated heterocycles. The molecule has 0 atom stereocenters. The van der Waals surface area contributed by atoms with Crippen LogP contribution < -0.4 is 4.90 Å². The van der Waals surface area contributed by atoms with Crippen LogP contribution in [-0.4, -0.2) is 55.4 Å². The zero-order valence-electron chi connectivity index (χ0n) is 11.6. The molecule has 0 spiro atoms. The van der Waals surface area contributed by atoms with Crippen LogP contribution in [0.4, 0.5) is 5.82 Å². The highest BCUT2D eigenvalue weighted by Gasteiger charge is 2.24. The minimum absolute atomic E-state index is 0.473. The van der Waals surface area contributed by atoms with Crippen molar-refractivity contribution in [2.75, 3.05) is 37.3 Å². The fraction of sp³-hybridized carbons (Fsp3) is 0.385. The first-order valence-electron chi connectivity index (χ1n) is 6.62. The normalized spacial score (nSPS) is 17.1. The molecule has 7 nitrogen and oxygen atoms in total. The summed E-state index contributed by atoms with van der Waals surface area (Å²) in [5.41, 5.74) is 0.679. The summed E-state index contributed by atoms with van der Waals surface area (Å²) in [6, 6.07) is 7.36. The molecule has 0 saturated carbocycles. The molecule has 0 N–H and O–H groups in total. The van der Waals surface area contributed by atoms with E-state index in [9.17, 15) is 8.42 Å². The Kier molecular flexibility index (Phi) is 3.64. The van der Waals surface area contributed by atoms with Crippen molar-refractivity contribution in [3.05, 3.63) is 30.5 Å². The maximum atomic E-state index is 11.5. The Morgan fingerprint density at radius 3 is 2.38 bits per heavy atom. The molecular weight excluding hydrogens is 292 g/mol. The van der Waals surface area contributed by atoms with Crippen molar-refractivity contribution in [3.8, 4) is 11.5 Å². The number of hydrogen-bond donors (Lipinski definition) is 0. The largest absolute Gasteiger partial charge is 0.463 e. The van der Waals surface area contributed by atoms with Crippen LogP contribution in [0, 0.1) is 0 Å². The Balaban J connectivity index is 1.69. The first-order chi connectivity index (χ1) is 10.0. The van der Waals surface area contributed by atoms with Crippen molar-refractivity contribution in [2.45, 2.75) is 0 Å². The molecule has 0 bridgehead atoms. The van der Waals surface area contributed by atoms with Gasteiger partial charge in [-0.05, 0) is 24.3 Å². The number of hydrogen-bond acceptors (Lipinski definition) is 6. The van der Waals surface area contributed by atoms with Crippen LogP contribution in [-0.2, 0) is 10.0 Å². The summed E-state index contributed by atoms with van der Waals surface area (Å²) in [6.07, 6.45) is 2.83. The van der Waals surface area contributed by atoms with Crippen LogP contribution in [0.5, 0.6) is 0 Å². The number of anilines is 1. The Hall–Kier alpha value is -1.93. The molecule has 2 aromatic heterocycles. The van der Waals surface area contributed by atoms with E-state index in [1.54, 1.807) is 12.3 Å². The van der Waals surface area contributed by atoms with E-state index in [-0.39, 0.29) is 0 Å². The predicted molar refractivity (Wildman–Crippen MR) is 78.4 cm³/mol. The van der Waals surface area contributed by atoms with Crippen LogP contribution in [0.3, 0.4) is 0 Å². The molecular formula is C13H16N4O3S. The second-order valence-corrected chi connectivity index (χ2v) is 6.89. The van der Waals surface area contributed by atoms with Crippen LogP contribution in [0.25, 0.3) is 11.5 Å². The molecule has 1 fully saturated rings.